The first-order valence-corrected chi connectivity index (χ1v) is 8.08. The van der Waals surface area contributed by atoms with E-state index in [0.29, 0.717) is 13.2 Å². The third kappa shape index (κ3) is 2.86. The molecule has 24 heavy (non-hydrogen) atoms. The number of fused-ring (bicyclic) bond motifs is 3. The maximum Gasteiger partial charge on any atom is 0.160 e. The maximum atomic E-state index is 5.70. The predicted molar refractivity (Wildman–Crippen MR) is 90.9 cm³/mol. The Balaban J connectivity index is 1.46. The fourth-order valence-electron chi connectivity index (χ4n) is 3.10. The minimum Gasteiger partial charge on any atom is -0.497 e. The van der Waals surface area contributed by atoms with Crippen molar-refractivity contribution in [3.05, 3.63) is 54.0 Å². The number of aromatic nitrogens is 3. The summed E-state index contributed by atoms with van der Waals surface area (Å²) >= 11 is 0. The molecule has 1 aromatic carbocycles. The summed E-state index contributed by atoms with van der Waals surface area (Å²) < 4.78 is 13.1. The number of ether oxygens (including phenoxy) is 2. The number of imidazole rings is 1. The normalized spacial score (nSPS) is 17.0. The minimum atomic E-state index is 0.201. The van der Waals surface area contributed by atoms with Gasteiger partial charge in [0.25, 0.3) is 0 Å². The van der Waals surface area contributed by atoms with Gasteiger partial charge in [0.05, 0.1) is 19.8 Å². The van der Waals surface area contributed by atoms with Gasteiger partial charge in [0.1, 0.15) is 23.7 Å². The molecule has 0 fully saturated rings. The lowest BCUT2D eigenvalue weighted by Crippen LogP contribution is -2.32. The van der Waals surface area contributed by atoms with Crippen molar-refractivity contribution in [2.45, 2.75) is 19.2 Å². The van der Waals surface area contributed by atoms with Crippen LogP contribution in [0.3, 0.4) is 0 Å². The van der Waals surface area contributed by atoms with Crippen LogP contribution in [0.25, 0.3) is 11.2 Å². The quantitative estimate of drug-likeness (QED) is 0.780. The molecular weight excluding hydrogens is 304 g/mol. The molecule has 0 radical (unpaired) electrons. The van der Waals surface area contributed by atoms with Crippen LogP contribution in [0.5, 0.6) is 5.75 Å². The fourth-order valence-corrected chi connectivity index (χ4v) is 3.10. The number of hydrogen-bond donors (Lipinski definition) is 1. The monoisotopic (exact) mass is 324 g/mol. The second-order valence-electron chi connectivity index (χ2n) is 5.89. The number of pyridine rings is 1. The van der Waals surface area contributed by atoms with Gasteiger partial charge in [-0.15, -0.1) is 0 Å². The molecule has 0 unspecified atom stereocenters. The molecule has 0 bridgehead atoms. The van der Waals surface area contributed by atoms with Crippen molar-refractivity contribution in [1.29, 1.82) is 0 Å². The number of methoxy groups -OCH3 is 1. The molecule has 0 saturated heterocycles. The van der Waals surface area contributed by atoms with Gasteiger partial charge in [-0.25, -0.2) is 9.97 Å². The van der Waals surface area contributed by atoms with Gasteiger partial charge in [0, 0.05) is 19.3 Å². The average Bonchev–Trinajstić information content (AvgIpc) is 3.02. The summed E-state index contributed by atoms with van der Waals surface area (Å²) in [6.07, 6.45) is 1.81. The molecule has 4 rings (SSSR count). The summed E-state index contributed by atoms with van der Waals surface area (Å²) in [6.45, 7) is 2.83. The molecule has 0 spiro atoms. The molecule has 6 heteroatoms. The summed E-state index contributed by atoms with van der Waals surface area (Å²) in [4.78, 5) is 9.12. The number of hydrogen-bond acceptors (Lipinski definition) is 5. The summed E-state index contributed by atoms with van der Waals surface area (Å²) in [7, 11) is 1.68. The molecule has 1 N–H and O–H groups in total. The van der Waals surface area contributed by atoms with Crippen LogP contribution in [0.1, 0.15) is 17.4 Å². The van der Waals surface area contributed by atoms with E-state index in [-0.39, 0.29) is 6.04 Å². The van der Waals surface area contributed by atoms with E-state index in [0.717, 1.165) is 35.8 Å². The smallest absolute Gasteiger partial charge is 0.160 e. The first kappa shape index (κ1) is 15.1. The molecule has 3 heterocycles. The molecule has 0 saturated carbocycles. The second kappa shape index (κ2) is 6.59. The zero-order valence-corrected chi connectivity index (χ0v) is 13.6. The number of benzene rings is 1. The standard InChI is InChI=1S/C18H20N4O2/c1-23-15-6-4-13(5-7-15)9-19-10-14-11-24-12-17-21-16-3-2-8-20-18(16)22(14)17/h2-8,14,19H,9-12H2,1H3/t14-/m0/s1. The third-order valence-corrected chi connectivity index (χ3v) is 4.30. The van der Waals surface area contributed by atoms with Crippen molar-refractivity contribution in [2.24, 2.45) is 0 Å². The number of nitrogens with zero attached hydrogens (tertiary/aromatic N) is 3. The Morgan fingerprint density at radius 3 is 3.00 bits per heavy atom. The van der Waals surface area contributed by atoms with Crippen molar-refractivity contribution in [2.75, 3.05) is 20.3 Å². The minimum absolute atomic E-state index is 0.201. The summed E-state index contributed by atoms with van der Waals surface area (Å²) in [6, 6.07) is 12.2. The van der Waals surface area contributed by atoms with Crippen molar-refractivity contribution >= 4 is 11.2 Å². The van der Waals surface area contributed by atoms with Crippen LogP contribution in [0.4, 0.5) is 0 Å². The van der Waals surface area contributed by atoms with E-state index in [2.05, 4.69) is 32.0 Å². The first-order chi connectivity index (χ1) is 11.8. The van der Waals surface area contributed by atoms with E-state index >= 15 is 0 Å². The number of rotatable bonds is 5. The van der Waals surface area contributed by atoms with Crippen molar-refractivity contribution in [3.63, 3.8) is 0 Å². The van der Waals surface area contributed by atoms with Crippen LogP contribution in [0.2, 0.25) is 0 Å². The van der Waals surface area contributed by atoms with Crippen LogP contribution < -0.4 is 10.1 Å². The van der Waals surface area contributed by atoms with Gasteiger partial charge in [0.15, 0.2) is 5.65 Å². The van der Waals surface area contributed by atoms with Crippen LogP contribution in [-0.2, 0) is 17.9 Å². The molecule has 0 amide bonds. The number of nitrogens with one attached hydrogen (secondary N) is 1. The van der Waals surface area contributed by atoms with Crippen molar-refractivity contribution in [3.8, 4) is 5.75 Å². The summed E-state index contributed by atoms with van der Waals surface area (Å²) in [5.74, 6) is 1.83. The molecule has 0 aliphatic carbocycles. The molecule has 3 aromatic rings. The van der Waals surface area contributed by atoms with Crippen LogP contribution in [0.15, 0.2) is 42.6 Å². The fraction of sp³-hybridized carbons (Fsp3) is 0.333. The van der Waals surface area contributed by atoms with Gasteiger partial charge < -0.3 is 19.4 Å². The molecule has 2 aromatic heterocycles. The van der Waals surface area contributed by atoms with Gasteiger partial charge in [-0.2, -0.15) is 0 Å². The van der Waals surface area contributed by atoms with Gasteiger partial charge in [-0.1, -0.05) is 12.1 Å². The lowest BCUT2D eigenvalue weighted by Gasteiger charge is -2.26. The molecule has 1 atom stereocenters. The SMILES string of the molecule is COc1ccc(CNC[C@H]2COCc3nc4cccnc4n32)cc1. The zero-order chi connectivity index (χ0) is 16.4. The third-order valence-electron chi connectivity index (χ3n) is 4.30. The van der Waals surface area contributed by atoms with E-state index in [1.54, 1.807) is 7.11 Å². The van der Waals surface area contributed by atoms with Gasteiger partial charge in [-0.05, 0) is 29.8 Å². The Bertz CT molecular complexity index is 829. The lowest BCUT2D eigenvalue weighted by atomic mass is 10.2. The average molecular weight is 324 g/mol. The second-order valence-corrected chi connectivity index (χ2v) is 5.89. The van der Waals surface area contributed by atoms with Crippen molar-refractivity contribution in [1.82, 2.24) is 19.9 Å². The summed E-state index contributed by atoms with van der Waals surface area (Å²) in [5, 5.41) is 3.51. The first-order valence-electron chi connectivity index (χ1n) is 8.08. The largest absolute Gasteiger partial charge is 0.497 e. The Morgan fingerprint density at radius 1 is 1.29 bits per heavy atom. The molecule has 1 aliphatic heterocycles. The van der Waals surface area contributed by atoms with Gasteiger partial charge in [0.2, 0.25) is 0 Å². The molecular formula is C18H20N4O2. The highest BCUT2D eigenvalue weighted by Gasteiger charge is 2.24. The van der Waals surface area contributed by atoms with Crippen LogP contribution in [0, 0.1) is 0 Å². The van der Waals surface area contributed by atoms with E-state index < -0.39 is 0 Å². The Kier molecular flexibility index (Phi) is 4.15. The molecule has 1 aliphatic rings. The highest BCUT2D eigenvalue weighted by Crippen LogP contribution is 2.24. The highest BCUT2D eigenvalue weighted by molar-refractivity contribution is 5.71. The van der Waals surface area contributed by atoms with E-state index in [1.165, 1.54) is 5.56 Å². The van der Waals surface area contributed by atoms with Crippen LogP contribution in [-0.4, -0.2) is 34.8 Å². The Labute approximate surface area is 140 Å². The van der Waals surface area contributed by atoms with Crippen molar-refractivity contribution < 1.29 is 9.47 Å². The molecule has 6 nitrogen and oxygen atoms in total. The Morgan fingerprint density at radius 2 is 2.17 bits per heavy atom. The van der Waals surface area contributed by atoms with E-state index in [1.807, 2.05) is 30.5 Å². The van der Waals surface area contributed by atoms with Gasteiger partial charge >= 0.3 is 0 Å². The predicted octanol–water partition coefficient (Wildman–Crippen LogP) is 2.30. The zero-order valence-electron chi connectivity index (χ0n) is 13.6. The van der Waals surface area contributed by atoms with Crippen LogP contribution >= 0.6 is 0 Å². The summed E-state index contributed by atoms with van der Waals surface area (Å²) in [5.41, 5.74) is 3.09. The highest BCUT2D eigenvalue weighted by atomic mass is 16.5. The molecule has 124 valence electrons. The maximum absolute atomic E-state index is 5.70. The Hall–Kier alpha value is -2.44. The van der Waals surface area contributed by atoms with E-state index in [9.17, 15) is 0 Å². The topological polar surface area (TPSA) is 61.2 Å². The lowest BCUT2D eigenvalue weighted by molar-refractivity contribution is 0.0561. The van der Waals surface area contributed by atoms with Gasteiger partial charge in [-0.3, -0.25) is 0 Å². The van der Waals surface area contributed by atoms with E-state index in [4.69, 9.17) is 9.47 Å².